The normalized spacial score (nSPS) is 11.8. The fourth-order valence-corrected chi connectivity index (χ4v) is 2.21. The first-order valence-corrected chi connectivity index (χ1v) is 7.81. The van der Waals surface area contributed by atoms with Crippen LogP contribution in [-0.4, -0.2) is 17.6 Å². The van der Waals surface area contributed by atoms with Crippen molar-refractivity contribution in [1.29, 1.82) is 0 Å². The lowest BCUT2D eigenvalue weighted by molar-refractivity contribution is -0.118. The van der Waals surface area contributed by atoms with Crippen LogP contribution >= 0.6 is 0 Å². The lowest BCUT2D eigenvalue weighted by atomic mass is 9.99. The SMILES string of the molecule is CCC(C)c1ccc(OCC(=O)Nc2cc(C)ccc2O)cc1. The Morgan fingerprint density at radius 1 is 1.22 bits per heavy atom. The Bertz CT molecular complexity index is 665. The van der Waals surface area contributed by atoms with E-state index in [0.717, 1.165) is 12.0 Å². The fourth-order valence-electron chi connectivity index (χ4n) is 2.21. The molecule has 4 nitrogen and oxygen atoms in total. The number of carbonyl (C=O) groups excluding carboxylic acids is 1. The zero-order chi connectivity index (χ0) is 16.8. The van der Waals surface area contributed by atoms with Crippen molar-refractivity contribution in [2.45, 2.75) is 33.1 Å². The van der Waals surface area contributed by atoms with Gasteiger partial charge in [-0.1, -0.05) is 32.0 Å². The van der Waals surface area contributed by atoms with Crippen molar-refractivity contribution >= 4 is 11.6 Å². The maximum absolute atomic E-state index is 11.9. The molecule has 0 radical (unpaired) electrons. The van der Waals surface area contributed by atoms with Crippen LogP contribution in [0.2, 0.25) is 0 Å². The third kappa shape index (κ3) is 4.74. The highest BCUT2D eigenvalue weighted by molar-refractivity contribution is 5.93. The summed E-state index contributed by atoms with van der Waals surface area (Å²) in [7, 11) is 0. The number of hydrogen-bond donors (Lipinski definition) is 2. The molecule has 23 heavy (non-hydrogen) atoms. The van der Waals surface area contributed by atoms with Crippen LogP contribution in [0, 0.1) is 6.92 Å². The summed E-state index contributed by atoms with van der Waals surface area (Å²) in [5, 5.41) is 12.4. The van der Waals surface area contributed by atoms with Crippen molar-refractivity contribution in [3.05, 3.63) is 53.6 Å². The van der Waals surface area contributed by atoms with Crippen LogP contribution in [-0.2, 0) is 4.79 Å². The van der Waals surface area contributed by atoms with Crippen LogP contribution < -0.4 is 10.1 Å². The molecule has 122 valence electrons. The fraction of sp³-hybridized carbons (Fsp3) is 0.316. The maximum Gasteiger partial charge on any atom is 0.262 e. The maximum atomic E-state index is 11.9. The quantitative estimate of drug-likeness (QED) is 0.785. The molecule has 2 aromatic rings. The lowest BCUT2D eigenvalue weighted by Crippen LogP contribution is -2.20. The Balaban J connectivity index is 1.90. The molecule has 2 rings (SSSR count). The summed E-state index contributed by atoms with van der Waals surface area (Å²) >= 11 is 0. The van der Waals surface area contributed by atoms with E-state index in [1.807, 2.05) is 31.2 Å². The van der Waals surface area contributed by atoms with Gasteiger partial charge in [-0.15, -0.1) is 0 Å². The van der Waals surface area contributed by atoms with Gasteiger partial charge in [-0.3, -0.25) is 4.79 Å². The van der Waals surface area contributed by atoms with Crippen LogP contribution in [0.1, 0.15) is 37.3 Å². The van der Waals surface area contributed by atoms with Gasteiger partial charge in [-0.25, -0.2) is 0 Å². The van der Waals surface area contributed by atoms with Gasteiger partial charge < -0.3 is 15.2 Å². The van der Waals surface area contributed by atoms with Crippen molar-refractivity contribution in [2.75, 3.05) is 11.9 Å². The second-order valence-electron chi connectivity index (χ2n) is 5.74. The first-order valence-electron chi connectivity index (χ1n) is 7.81. The van der Waals surface area contributed by atoms with Gasteiger partial charge in [0.1, 0.15) is 11.5 Å². The van der Waals surface area contributed by atoms with E-state index in [1.165, 1.54) is 5.56 Å². The Hall–Kier alpha value is -2.49. The summed E-state index contributed by atoms with van der Waals surface area (Å²) in [4.78, 5) is 11.9. The molecule has 4 heteroatoms. The lowest BCUT2D eigenvalue weighted by Gasteiger charge is -2.11. The van der Waals surface area contributed by atoms with E-state index in [9.17, 15) is 9.90 Å². The molecule has 0 aliphatic rings. The van der Waals surface area contributed by atoms with Crippen molar-refractivity contribution in [3.63, 3.8) is 0 Å². The number of aryl methyl sites for hydroxylation is 1. The van der Waals surface area contributed by atoms with Crippen LogP contribution in [0.25, 0.3) is 0 Å². The molecule has 0 aliphatic carbocycles. The molecule has 1 amide bonds. The van der Waals surface area contributed by atoms with Crippen molar-refractivity contribution in [3.8, 4) is 11.5 Å². The third-order valence-corrected chi connectivity index (χ3v) is 3.86. The predicted octanol–water partition coefficient (Wildman–Crippen LogP) is 4.23. The van der Waals surface area contributed by atoms with E-state index in [0.29, 0.717) is 17.4 Å². The Morgan fingerprint density at radius 3 is 2.57 bits per heavy atom. The second kappa shape index (κ2) is 7.68. The molecule has 0 saturated carbocycles. The first kappa shape index (κ1) is 16.9. The largest absolute Gasteiger partial charge is 0.506 e. The Kier molecular flexibility index (Phi) is 5.63. The number of phenols is 1. The highest BCUT2D eigenvalue weighted by atomic mass is 16.5. The van der Waals surface area contributed by atoms with Crippen molar-refractivity contribution < 1.29 is 14.6 Å². The zero-order valence-electron chi connectivity index (χ0n) is 13.8. The third-order valence-electron chi connectivity index (χ3n) is 3.86. The van der Waals surface area contributed by atoms with E-state index < -0.39 is 0 Å². The van der Waals surface area contributed by atoms with Gasteiger partial charge in [0.2, 0.25) is 0 Å². The number of phenolic OH excluding ortho intramolecular Hbond substituents is 1. The topological polar surface area (TPSA) is 58.6 Å². The van der Waals surface area contributed by atoms with Gasteiger partial charge in [0.25, 0.3) is 5.91 Å². The summed E-state index contributed by atoms with van der Waals surface area (Å²) in [5.74, 6) is 0.899. The summed E-state index contributed by atoms with van der Waals surface area (Å²) < 4.78 is 5.48. The molecular weight excluding hydrogens is 290 g/mol. The first-order chi connectivity index (χ1) is 11.0. The zero-order valence-corrected chi connectivity index (χ0v) is 13.8. The number of rotatable bonds is 6. The molecule has 0 aliphatic heterocycles. The predicted molar refractivity (Wildman–Crippen MR) is 92.1 cm³/mol. The number of nitrogens with one attached hydrogen (secondary N) is 1. The molecule has 0 aromatic heterocycles. The molecular formula is C19H23NO3. The van der Waals surface area contributed by atoms with Gasteiger partial charge >= 0.3 is 0 Å². The van der Waals surface area contributed by atoms with Gasteiger partial charge in [-0.05, 0) is 54.7 Å². The number of aromatic hydroxyl groups is 1. The molecule has 1 unspecified atom stereocenters. The second-order valence-corrected chi connectivity index (χ2v) is 5.74. The molecule has 0 fully saturated rings. The van der Waals surface area contributed by atoms with Gasteiger partial charge in [0.05, 0.1) is 5.69 Å². The number of carbonyl (C=O) groups is 1. The Labute approximate surface area is 137 Å². The van der Waals surface area contributed by atoms with E-state index in [4.69, 9.17) is 4.74 Å². The minimum absolute atomic E-state index is 0.0434. The number of amides is 1. The van der Waals surface area contributed by atoms with E-state index in [1.54, 1.807) is 18.2 Å². The molecule has 0 spiro atoms. The summed E-state index contributed by atoms with van der Waals surface area (Å²) in [5.41, 5.74) is 2.61. The van der Waals surface area contributed by atoms with Crippen LogP contribution in [0.4, 0.5) is 5.69 Å². The minimum Gasteiger partial charge on any atom is -0.506 e. The van der Waals surface area contributed by atoms with Gasteiger partial charge in [-0.2, -0.15) is 0 Å². The molecule has 2 N–H and O–H groups in total. The summed E-state index contributed by atoms with van der Waals surface area (Å²) in [6, 6.07) is 12.8. The van der Waals surface area contributed by atoms with E-state index in [-0.39, 0.29) is 18.3 Å². The molecule has 2 aromatic carbocycles. The molecule has 1 atom stereocenters. The standard InChI is InChI=1S/C19H23NO3/c1-4-14(3)15-6-8-16(9-7-15)23-12-19(22)20-17-11-13(2)5-10-18(17)21/h5-11,14,21H,4,12H2,1-3H3,(H,20,22). The van der Waals surface area contributed by atoms with Crippen molar-refractivity contribution in [2.24, 2.45) is 0 Å². The Morgan fingerprint density at radius 2 is 1.91 bits per heavy atom. The highest BCUT2D eigenvalue weighted by Crippen LogP contribution is 2.24. The smallest absolute Gasteiger partial charge is 0.262 e. The van der Waals surface area contributed by atoms with E-state index in [2.05, 4.69) is 19.2 Å². The van der Waals surface area contributed by atoms with E-state index >= 15 is 0 Å². The molecule has 0 saturated heterocycles. The summed E-state index contributed by atoms with van der Waals surface area (Å²) in [6.45, 7) is 6.12. The number of hydrogen-bond acceptors (Lipinski definition) is 3. The average Bonchev–Trinajstić information content (AvgIpc) is 2.56. The van der Waals surface area contributed by atoms with Gasteiger partial charge in [0, 0.05) is 0 Å². The monoisotopic (exact) mass is 313 g/mol. The average molecular weight is 313 g/mol. The van der Waals surface area contributed by atoms with Crippen LogP contribution in [0.5, 0.6) is 11.5 Å². The number of ether oxygens (including phenoxy) is 1. The number of anilines is 1. The minimum atomic E-state index is -0.308. The molecule has 0 heterocycles. The van der Waals surface area contributed by atoms with Crippen LogP contribution in [0.3, 0.4) is 0 Å². The molecule has 0 bridgehead atoms. The van der Waals surface area contributed by atoms with Gasteiger partial charge in [0.15, 0.2) is 6.61 Å². The highest BCUT2D eigenvalue weighted by Gasteiger charge is 2.08. The van der Waals surface area contributed by atoms with Crippen LogP contribution in [0.15, 0.2) is 42.5 Å². The van der Waals surface area contributed by atoms with Crippen molar-refractivity contribution in [1.82, 2.24) is 0 Å². The number of benzene rings is 2. The summed E-state index contributed by atoms with van der Waals surface area (Å²) in [6.07, 6.45) is 1.09.